The fourth-order valence-corrected chi connectivity index (χ4v) is 3.69. The lowest BCUT2D eigenvalue weighted by atomic mass is 10.0. The van der Waals surface area contributed by atoms with E-state index in [1.165, 1.54) is 12.1 Å². The van der Waals surface area contributed by atoms with Crippen molar-refractivity contribution in [3.05, 3.63) is 102 Å². The van der Waals surface area contributed by atoms with Gasteiger partial charge in [0.1, 0.15) is 23.0 Å². The first-order valence-electron chi connectivity index (χ1n) is 10.3. The summed E-state index contributed by atoms with van der Waals surface area (Å²) >= 11 is 0. The van der Waals surface area contributed by atoms with Crippen LogP contribution in [0.15, 0.2) is 78.9 Å². The van der Waals surface area contributed by atoms with Crippen molar-refractivity contribution in [2.24, 2.45) is 0 Å². The van der Waals surface area contributed by atoms with E-state index in [0.717, 1.165) is 23.1 Å². The zero-order valence-corrected chi connectivity index (χ0v) is 17.5. The Balaban J connectivity index is 1.76. The van der Waals surface area contributed by atoms with Crippen LogP contribution in [-0.4, -0.2) is 15.9 Å². The van der Waals surface area contributed by atoms with Crippen LogP contribution in [-0.2, 0) is 0 Å². The molecule has 0 saturated carbocycles. The maximum atomic E-state index is 14.1. The Morgan fingerprint density at radius 1 is 1.00 bits per heavy atom. The van der Waals surface area contributed by atoms with Gasteiger partial charge >= 0.3 is 0 Å². The Kier molecular flexibility index (Phi) is 5.94. The Hall–Kier alpha value is -3.73. The maximum absolute atomic E-state index is 14.1. The van der Waals surface area contributed by atoms with Gasteiger partial charge in [0.05, 0.1) is 6.04 Å². The average molecular weight is 413 g/mol. The second kappa shape index (κ2) is 8.96. The molecule has 0 radical (unpaired) electrons. The van der Waals surface area contributed by atoms with Crippen molar-refractivity contribution >= 4 is 5.91 Å². The van der Waals surface area contributed by atoms with Crippen molar-refractivity contribution in [2.75, 3.05) is 0 Å². The smallest absolute Gasteiger partial charge is 0.270 e. The van der Waals surface area contributed by atoms with Crippen molar-refractivity contribution < 1.29 is 9.18 Å². The number of halogens is 1. The topological polar surface area (TPSA) is 57.8 Å². The lowest BCUT2D eigenvalue weighted by Crippen LogP contribution is -2.28. The molecule has 0 spiro atoms. The largest absolute Gasteiger partial charge is 0.344 e. The van der Waals surface area contributed by atoms with Gasteiger partial charge in [0.15, 0.2) is 0 Å². The number of benzene rings is 3. The van der Waals surface area contributed by atoms with Gasteiger partial charge in [-0.25, -0.2) is 9.37 Å². The normalized spacial score (nSPS) is 11.8. The zero-order chi connectivity index (χ0) is 21.8. The summed E-state index contributed by atoms with van der Waals surface area (Å²) in [4.78, 5) is 21.2. The van der Waals surface area contributed by atoms with E-state index >= 15 is 0 Å². The summed E-state index contributed by atoms with van der Waals surface area (Å²) in [6, 6.07) is 24.0. The van der Waals surface area contributed by atoms with Crippen LogP contribution in [0.5, 0.6) is 0 Å². The number of H-pyrrole nitrogens is 1. The van der Waals surface area contributed by atoms with Crippen LogP contribution in [0.1, 0.15) is 41.0 Å². The lowest BCUT2D eigenvalue weighted by molar-refractivity contribution is 0.0932. The van der Waals surface area contributed by atoms with Gasteiger partial charge in [0.25, 0.3) is 5.91 Å². The molecule has 4 nitrogen and oxygen atoms in total. The third-order valence-electron chi connectivity index (χ3n) is 5.21. The quantitative estimate of drug-likeness (QED) is 0.403. The van der Waals surface area contributed by atoms with Gasteiger partial charge < -0.3 is 10.3 Å². The highest BCUT2D eigenvalue weighted by molar-refractivity contribution is 5.99. The molecule has 156 valence electrons. The van der Waals surface area contributed by atoms with Gasteiger partial charge in [-0.2, -0.15) is 0 Å². The molecule has 5 heteroatoms. The lowest BCUT2D eigenvalue weighted by Gasteiger charge is -2.17. The Morgan fingerprint density at radius 3 is 2.32 bits per heavy atom. The number of amides is 1. The second-order valence-corrected chi connectivity index (χ2v) is 7.54. The Labute approximate surface area is 181 Å². The van der Waals surface area contributed by atoms with Gasteiger partial charge in [-0.05, 0) is 42.7 Å². The summed E-state index contributed by atoms with van der Waals surface area (Å²) in [6.07, 6.45) is 0.740. The highest BCUT2D eigenvalue weighted by Gasteiger charge is 2.22. The van der Waals surface area contributed by atoms with Crippen molar-refractivity contribution in [1.82, 2.24) is 15.3 Å². The highest BCUT2D eigenvalue weighted by atomic mass is 19.1. The molecule has 3 aromatic carbocycles. The Bertz CT molecular complexity index is 1170. The summed E-state index contributed by atoms with van der Waals surface area (Å²) < 4.78 is 14.1. The molecule has 0 aliphatic carbocycles. The van der Waals surface area contributed by atoms with E-state index in [9.17, 15) is 9.18 Å². The molecule has 4 aromatic rings. The minimum absolute atomic E-state index is 0.140. The number of rotatable bonds is 6. The molecule has 1 aromatic heterocycles. The first-order valence-corrected chi connectivity index (χ1v) is 10.3. The van der Waals surface area contributed by atoms with Crippen molar-refractivity contribution in [1.29, 1.82) is 0 Å². The molecule has 1 atom stereocenters. The third-order valence-corrected chi connectivity index (χ3v) is 5.21. The predicted molar refractivity (Wildman–Crippen MR) is 121 cm³/mol. The highest BCUT2D eigenvalue weighted by Crippen LogP contribution is 2.28. The van der Waals surface area contributed by atoms with Crippen molar-refractivity contribution in [3.8, 4) is 22.6 Å². The van der Waals surface area contributed by atoms with Gasteiger partial charge in [0, 0.05) is 11.1 Å². The number of aromatic amines is 1. The molecule has 0 aliphatic heterocycles. The molecular formula is C26H24FN3O. The fraction of sp³-hybridized carbons (Fsp3) is 0.154. The number of hydrogen-bond donors (Lipinski definition) is 2. The molecule has 2 N–H and O–H groups in total. The van der Waals surface area contributed by atoms with Gasteiger partial charge in [-0.3, -0.25) is 4.79 Å². The molecule has 1 unspecified atom stereocenters. The van der Waals surface area contributed by atoms with Gasteiger partial charge in [-0.15, -0.1) is 0 Å². The number of carbonyl (C=O) groups is 1. The zero-order valence-electron chi connectivity index (χ0n) is 17.5. The van der Waals surface area contributed by atoms with Crippen LogP contribution in [0.2, 0.25) is 0 Å². The number of hydrogen-bond acceptors (Lipinski definition) is 2. The summed E-state index contributed by atoms with van der Waals surface area (Å²) in [5.74, 6) is -0.0703. The van der Waals surface area contributed by atoms with E-state index < -0.39 is 0 Å². The van der Waals surface area contributed by atoms with E-state index in [1.807, 2.05) is 80.6 Å². The SMILES string of the molecule is CCC(NC(=O)c1[nH]c(-c2ccccc2)nc1-c1cc(C)cc(F)c1)c1ccccc1. The minimum atomic E-state index is -0.360. The maximum Gasteiger partial charge on any atom is 0.270 e. The number of nitrogens with zero attached hydrogens (tertiary/aromatic N) is 1. The van der Waals surface area contributed by atoms with E-state index in [0.29, 0.717) is 22.8 Å². The number of aryl methyl sites for hydroxylation is 1. The van der Waals surface area contributed by atoms with Gasteiger partial charge in [0.2, 0.25) is 0 Å². The molecule has 1 amide bonds. The van der Waals surface area contributed by atoms with Gasteiger partial charge in [-0.1, -0.05) is 67.6 Å². The van der Waals surface area contributed by atoms with Crippen LogP contribution in [0.3, 0.4) is 0 Å². The first-order chi connectivity index (χ1) is 15.0. The van der Waals surface area contributed by atoms with Crippen LogP contribution in [0.4, 0.5) is 4.39 Å². The molecule has 0 aliphatic rings. The summed E-state index contributed by atoms with van der Waals surface area (Å²) in [5, 5.41) is 3.10. The molecule has 0 saturated heterocycles. The summed E-state index contributed by atoms with van der Waals surface area (Å²) in [5.41, 5.74) is 3.96. The molecule has 4 rings (SSSR count). The van der Waals surface area contributed by atoms with Crippen LogP contribution in [0.25, 0.3) is 22.6 Å². The van der Waals surface area contributed by atoms with Crippen LogP contribution >= 0.6 is 0 Å². The number of nitrogens with one attached hydrogen (secondary N) is 2. The first kappa shape index (κ1) is 20.5. The van der Waals surface area contributed by atoms with E-state index in [4.69, 9.17) is 0 Å². The fourth-order valence-electron chi connectivity index (χ4n) is 3.69. The number of carbonyl (C=O) groups excluding carboxylic acids is 1. The van der Waals surface area contributed by atoms with E-state index in [1.54, 1.807) is 0 Å². The average Bonchev–Trinajstić information content (AvgIpc) is 3.24. The predicted octanol–water partition coefficient (Wildman–Crippen LogP) is 6.07. The monoisotopic (exact) mass is 413 g/mol. The molecule has 1 heterocycles. The van der Waals surface area contributed by atoms with Crippen LogP contribution < -0.4 is 5.32 Å². The Morgan fingerprint density at radius 2 is 1.68 bits per heavy atom. The van der Waals surface area contributed by atoms with Crippen molar-refractivity contribution in [3.63, 3.8) is 0 Å². The molecule has 31 heavy (non-hydrogen) atoms. The number of aromatic nitrogens is 2. The van der Waals surface area contributed by atoms with E-state index in [2.05, 4.69) is 15.3 Å². The molecular weight excluding hydrogens is 389 g/mol. The second-order valence-electron chi connectivity index (χ2n) is 7.54. The molecule has 0 fully saturated rings. The minimum Gasteiger partial charge on any atom is -0.344 e. The summed E-state index contributed by atoms with van der Waals surface area (Å²) in [6.45, 7) is 3.84. The van der Waals surface area contributed by atoms with Crippen molar-refractivity contribution in [2.45, 2.75) is 26.3 Å². The third kappa shape index (κ3) is 4.56. The van der Waals surface area contributed by atoms with Crippen LogP contribution in [0, 0.1) is 12.7 Å². The molecule has 0 bridgehead atoms. The summed E-state index contributed by atoms with van der Waals surface area (Å²) in [7, 11) is 0. The number of imidazole rings is 1. The standard InChI is InChI=1S/C26H24FN3O/c1-3-22(18-10-6-4-7-11-18)28-26(31)24-23(20-14-17(2)15-21(27)16-20)29-25(30-24)19-12-8-5-9-13-19/h4-16,22H,3H2,1-2H3,(H,28,31)(H,29,30). The van der Waals surface area contributed by atoms with E-state index in [-0.39, 0.29) is 17.8 Å².